The summed E-state index contributed by atoms with van der Waals surface area (Å²) < 4.78 is 0. The summed E-state index contributed by atoms with van der Waals surface area (Å²) >= 11 is 11.2. The summed E-state index contributed by atoms with van der Waals surface area (Å²) in [6, 6.07) is 13.0. The van der Waals surface area contributed by atoms with Gasteiger partial charge in [-0.3, -0.25) is 14.9 Å². The van der Waals surface area contributed by atoms with Crippen LogP contribution in [0.1, 0.15) is 10.3 Å². The number of nitro groups is 1. The number of rotatable bonds is 5. The molecule has 0 saturated carbocycles. The molecule has 0 fully saturated rings. The van der Waals surface area contributed by atoms with Gasteiger partial charge in [-0.05, 0) is 29.8 Å². The number of nitrogens with zero attached hydrogens (tertiary/aromatic N) is 2. The van der Waals surface area contributed by atoms with E-state index < -0.39 is 16.1 Å². The molecule has 1 atom stereocenters. The van der Waals surface area contributed by atoms with Crippen molar-refractivity contribution in [2.75, 3.05) is 0 Å². The second-order valence-corrected chi connectivity index (χ2v) is 7.26. The van der Waals surface area contributed by atoms with Crippen molar-refractivity contribution in [1.82, 2.24) is 4.98 Å². The predicted molar refractivity (Wildman–Crippen MR) is 104 cm³/mol. The highest BCUT2D eigenvalue weighted by atomic mass is 35.5. The van der Waals surface area contributed by atoms with E-state index in [0.29, 0.717) is 26.2 Å². The smallest absolute Gasteiger partial charge is 0.323 e. The Kier molecular flexibility index (Phi) is 5.26. The minimum absolute atomic E-state index is 0.0239. The number of thiazole rings is 1. The Morgan fingerprint density at radius 1 is 1.15 bits per heavy atom. The zero-order chi connectivity index (χ0) is 18.8. The summed E-state index contributed by atoms with van der Waals surface area (Å²) in [5.74, 6) is -1.10. The molecule has 0 spiro atoms. The maximum absolute atomic E-state index is 11.3. The van der Waals surface area contributed by atoms with Crippen LogP contribution in [0.2, 0.25) is 5.02 Å². The van der Waals surface area contributed by atoms with Gasteiger partial charge < -0.3 is 5.11 Å². The van der Waals surface area contributed by atoms with E-state index in [4.69, 9.17) is 11.6 Å². The Hall–Kier alpha value is -2.42. The van der Waals surface area contributed by atoms with Crippen LogP contribution in [-0.2, 0) is 4.79 Å². The molecule has 0 saturated heterocycles. The molecule has 9 heteroatoms. The van der Waals surface area contributed by atoms with Gasteiger partial charge in [-0.15, -0.1) is 11.3 Å². The molecule has 6 nitrogen and oxygen atoms in total. The van der Waals surface area contributed by atoms with E-state index in [2.05, 4.69) is 17.6 Å². The molecule has 0 aliphatic heterocycles. The van der Waals surface area contributed by atoms with E-state index in [1.807, 2.05) is 0 Å². The summed E-state index contributed by atoms with van der Waals surface area (Å²) in [5.41, 5.74) is 2.02. The molecule has 2 aromatic carbocycles. The minimum atomic E-state index is -1.10. The van der Waals surface area contributed by atoms with Crippen LogP contribution >= 0.6 is 35.6 Å². The van der Waals surface area contributed by atoms with Gasteiger partial charge in [0, 0.05) is 22.7 Å². The van der Waals surface area contributed by atoms with Crippen molar-refractivity contribution in [3.8, 4) is 21.7 Å². The van der Waals surface area contributed by atoms with Crippen LogP contribution in [0.5, 0.6) is 0 Å². The van der Waals surface area contributed by atoms with Gasteiger partial charge in [-0.25, -0.2) is 4.98 Å². The lowest BCUT2D eigenvalue weighted by Crippen LogP contribution is -2.04. The largest absolute Gasteiger partial charge is 0.480 e. The van der Waals surface area contributed by atoms with Gasteiger partial charge in [0.05, 0.1) is 15.5 Å². The first-order chi connectivity index (χ1) is 12.4. The van der Waals surface area contributed by atoms with E-state index >= 15 is 0 Å². The van der Waals surface area contributed by atoms with Gasteiger partial charge in [0.15, 0.2) is 5.25 Å². The van der Waals surface area contributed by atoms with E-state index in [1.54, 1.807) is 36.4 Å². The van der Waals surface area contributed by atoms with Crippen molar-refractivity contribution in [2.45, 2.75) is 5.25 Å². The Morgan fingerprint density at radius 3 is 2.27 bits per heavy atom. The predicted octanol–water partition coefficient (Wildman–Crippen LogP) is 5.09. The molecule has 26 heavy (non-hydrogen) atoms. The monoisotopic (exact) mass is 406 g/mol. The summed E-state index contributed by atoms with van der Waals surface area (Å²) in [5, 5.41) is 19.9. The number of hydrogen-bond acceptors (Lipinski definition) is 6. The highest BCUT2D eigenvalue weighted by Crippen LogP contribution is 2.40. The van der Waals surface area contributed by atoms with Crippen LogP contribution in [0.25, 0.3) is 21.7 Å². The highest BCUT2D eigenvalue weighted by molar-refractivity contribution is 7.81. The molecule has 0 radical (unpaired) electrons. The third kappa shape index (κ3) is 3.72. The fraction of sp³-hybridized carbons (Fsp3) is 0.0588. The molecular formula is C17H11ClN2O4S2. The number of aromatic nitrogens is 1. The van der Waals surface area contributed by atoms with Crippen molar-refractivity contribution in [2.24, 2.45) is 0 Å². The standard InChI is InChI=1S/C17H11ClN2O4S2/c18-11-5-1-9(2-6-11)13-15(26-16(19-13)14(25)17(21)22)10-3-7-12(8-4-10)20(23)24/h1-8,14,25H,(H,21,22). The van der Waals surface area contributed by atoms with E-state index in [-0.39, 0.29) is 5.69 Å². The third-order valence-electron chi connectivity index (χ3n) is 3.57. The number of nitro benzene ring substituents is 1. The maximum atomic E-state index is 11.3. The normalized spacial score (nSPS) is 11.9. The minimum Gasteiger partial charge on any atom is -0.480 e. The van der Waals surface area contributed by atoms with E-state index in [1.165, 1.54) is 23.5 Å². The zero-order valence-corrected chi connectivity index (χ0v) is 15.5. The quantitative estimate of drug-likeness (QED) is 0.349. The first-order valence-corrected chi connectivity index (χ1v) is 9.00. The molecule has 0 amide bonds. The number of carboxylic acid groups (broad SMARTS) is 1. The van der Waals surface area contributed by atoms with Crippen molar-refractivity contribution < 1.29 is 14.8 Å². The molecule has 132 valence electrons. The molecule has 0 aliphatic rings. The average Bonchev–Trinajstić information content (AvgIpc) is 3.07. The summed E-state index contributed by atoms with van der Waals surface area (Å²) in [6.07, 6.45) is 0. The Morgan fingerprint density at radius 2 is 1.73 bits per heavy atom. The van der Waals surface area contributed by atoms with Crippen molar-refractivity contribution in [1.29, 1.82) is 0 Å². The Labute approximate surface area is 162 Å². The van der Waals surface area contributed by atoms with Crippen LogP contribution in [0.4, 0.5) is 5.69 Å². The van der Waals surface area contributed by atoms with E-state index in [0.717, 1.165) is 5.56 Å². The summed E-state index contributed by atoms with van der Waals surface area (Å²) in [6.45, 7) is 0. The van der Waals surface area contributed by atoms with Gasteiger partial charge in [0.25, 0.3) is 5.69 Å². The molecule has 0 bridgehead atoms. The lowest BCUT2D eigenvalue weighted by Gasteiger charge is -2.03. The molecule has 3 aromatic rings. The van der Waals surface area contributed by atoms with Gasteiger partial charge in [-0.2, -0.15) is 12.6 Å². The van der Waals surface area contributed by atoms with Crippen LogP contribution in [0.3, 0.4) is 0 Å². The highest BCUT2D eigenvalue weighted by Gasteiger charge is 2.23. The maximum Gasteiger partial charge on any atom is 0.323 e. The number of non-ortho nitro benzene ring substituents is 1. The number of halogens is 1. The fourth-order valence-electron chi connectivity index (χ4n) is 2.29. The van der Waals surface area contributed by atoms with Crippen LogP contribution < -0.4 is 0 Å². The topological polar surface area (TPSA) is 93.3 Å². The molecular weight excluding hydrogens is 396 g/mol. The van der Waals surface area contributed by atoms with E-state index in [9.17, 15) is 20.0 Å². The van der Waals surface area contributed by atoms with Gasteiger partial charge >= 0.3 is 5.97 Å². The molecule has 1 aromatic heterocycles. The van der Waals surface area contributed by atoms with Gasteiger partial charge in [0.2, 0.25) is 0 Å². The first-order valence-electron chi connectivity index (χ1n) is 7.29. The van der Waals surface area contributed by atoms with Crippen molar-refractivity contribution >= 4 is 47.2 Å². The van der Waals surface area contributed by atoms with Crippen LogP contribution in [0, 0.1) is 10.1 Å². The SMILES string of the molecule is O=C(O)C(S)c1nc(-c2ccc(Cl)cc2)c(-c2ccc([N+](=O)[O-])cc2)s1. The van der Waals surface area contributed by atoms with Crippen LogP contribution in [-0.4, -0.2) is 21.0 Å². The molecule has 0 aliphatic carbocycles. The number of carboxylic acids is 1. The van der Waals surface area contributed by atoms with Crippen LogP contribution in [0.15, 0.2) is 48.5 Å². The third-order valence-corrected chi connectivity index (χ3v) is 5.63. The number of hydrogen-bond donors (Lipinski definition) is 2. The molecule has 1 unspecified atom stereocenters. The Bertz CT molecular complexity index is 971. The molecule has 1 heterocycles. The lowest BCUT2D eigenvalue weighted by atomic mass is 10.1. The first kappa shape index (κ1) is 18.4. The zero-order valence-electron chi connectivity index (χ0n) is 13.0. The summed E-state index contributed by atoms with van der Waals surface area (Å²) in [4.78, 5) is 26.8. The number of thiol groups is 1. The number of benzene rings is 2. The van der Waals surface area contributed by atoms with Gasteiger partial charge in [-0.1, -0.05) is 23.7 Å². The molecule has 3 rings (SSSR count). The average molecular weight is 407 g/mol. The number of carbonyl (C=O) groups is 1. The van der Waals surface area contributed by atoms with Crippen molar-refractivity contribution in [3.05, 3.63) is 68.7 Å². The second-order valence-electron chi connectivity index (χ2n) is 5.28. The number of aliphatic carboxylic acids is 1. The second kappa shape index (κ2) is 7.45. The molecule has 1 N–H and O–H groups in total. The lowest BCUT2D eigenvalue weighted by molar-refractivity contribution is -0.384. The fourth-order valence-corrected chi connectivity index (χ4v) is 3.71. The van der Waals surface area contributed by atoms with Crippen molar-refractivity contribution in [3.63, 3.8) is 0 Å². The Balaban J connectivity index is 2.13. The van der Waals surface area contributed by atoms with Gasteiger partial charge in [0.1, 0.15) is 5.01 Å². The summed E-state index contributed by atoms with van der Waals surface area (Å²) in [7, 11) is 0.